The summed E-state index contributed by atoms with van der Waals surface area (Å²) in [5.41, 5.74) is 1.52. The van der Waals surface area contributed by atoms with E-state index in [0.29, 0.717) is 13.1 Å². The van der Waals surface area contributed by atoms with Gasteiger partial charge in [-0.1, -0.05) is 50.4 Å². The first-order valence-electron chi connectivity index (χ1n) is 8.08. The van der Waals surface area contributed by atoms with Crippen LogP contribution in [-0.2, 0) is 15.0 Å². The summed E-state index contributed by atoms with van der Waals surface area (Å²) in [7, 11) is 0. The molecular formula is C18H24N2O2S2. The number of hydrogen-bond acceptors (Lipinski definition) is 4. The predicted molar refractivity (Wildman–Crippen MR) is 101 cm³/mol. The Morgan fingerprint density at radius 3 is 2.00 bits per heavy atom. The molecule has 2 N–H and O–H groups in total. The van der Waals surface area contributed by atoms with E-state index < -0.39 is 0 Å². The van der Waals surface area contributed by atoms with Gasteiger partial charge in [0, 0.05) is 22.9 Å². The van der Waals surface area contributed by atoms with Crippen LogP contribution in [0.2, 0.25) is 0 Å². The number of thioether (sulfide) groups is 2. The van der Waals surface area contributed by atoms with E-state index in [1.54, 1.807) is 0 Å². The molecule has 1 aromatic rings. The highest BCUT2D eigenvalue weighted by molar-refractivity contribution is 8.24. The minimum Gasteiger partial charge on any atom is -0.352 e. The number of hydrogen-bond donors (Lipinski definition) is 2. The van der Waals surface area contributed by atoms with E-state index in [1.165, 1.54) is 29.1 Å². The zero-order valence-electron chi connectivity index (χ0n) is 14.8. The second-order valence-electron chi connectivity index (χ2n) is 6.50. The van der Waals surface area contributed by atoms with E-state index in [-0.39, 0.29) is 22.8 Å². The maximum absolute atomic E-state index is 12.4. The van der Waals surface area contributed by atoms with Crippen LogP contribution in [0.3, 0.4) is 0 Å². The average Bonchev–Trinajstić information content (AvgIpc) is 2.89. The summed E-state index contributed by atoms with van der Waals surface area (Å²) in [5.74, 6) is -0.635. The molecule has 0 aromatic heterocycles. The molecule has 24 heavy (non-hydrogen) atoms. The lowest BCUT2D eigenvalue weighted by Gasteiger charge is -2.19. The molecule has 0 radical (unpaired) electrons. The largest absolute Gasteiger partial charge is 0.352 e. The standard InChI is InChI=1S/C18H24N2O2S2/c1-6-19-15(21)14(16(22)20-7-2)17-23-12-9-8-11(18(3,4)5)10-13(12)24-17/h8-10H,6-7H2,1-5H3,(H,19,21)(H,20,22). The molecule has 0 aliphatic carbocycles. The number of carbonyl (C=O) groups is 2. The molecular weight excluding hydrogens is 340 g/mol. The molecule has 130 valence electrons. The van der Waals surface area contributed by atoms with Crippen LogP contribution >= 0.6 is 23.5 Å². The Morgan fingerprint density at radius 1 is 0.958 bits per heavy atom. The molecule has 0 spiro atoms. The quantitative estimate of drug-likeness (QED) is 0.486. The van der Waals surface area contributed by atoms with Crippen molar-refractivity contribution in [1.82, 2.24) is 10.6 Å². The van der Waals surface area contributed by atoms with Crippen molar-refractivity contribution in [1.29, 1.82) is 0 Å². The molecule has 2 rings (SSSR count). The molecule has 1 aliphatic heterocycles. The van der Waals surface area contributed by atoms with E-state index in [0.717, 1.165) is 14.0 Å². The third kappa shape index (κ3) is 4.16. The van der Waals surface area contributed by atoms with E-state index in [2.05, 4.69) is 49.6 Å². The van der Waals surface area contributed by atoms with Crippen molar-refractivity contribution >= 4 is 35.3 Å². The van der Waals surface area contributed by atoms with Crippen molar-refractivity contribution in [3.05, 3.63) is 33.6 Å². The first-order valence-corrected chi connectivity index (χ1v) is 9.72. The van der Waals surface area contributed by atoms with Gasteiger partial charge in [-0.2, -0.15) is 0 Å². The normalized spacial score (nSPS) is 13.5. The Morgan fingerprint density at radius 2 is 1.50 bits per heavy atom. The summed E-state index contributed by atoms with van der Waals surface area (Å²) < 4.78 is 0.743. The molecule has 1 aliphatic rings. The lowest BCUT2D eigenvalue weighted by atomic mass is 9.87. The zero-order valence-corrected chi connectivity index (χ0v) is 16.4. The van der Waals surface area contributed by atoms with Gasteiger partial charge in [-0.05, 0) is 37.0 Å². The van der Waals surface area contributed by atoms with Crippen molar-refractivity contribution < 1.29 is 9.59 Å². The summed E-state index contributed by atoms with van der Waals surface area (Å²) in [6.45, 7) is 11.2. The Bertz CT molecular complexity index is 671. The van der Waals surface area contributed by atoms with Crippen LogP contribution in [0.5, 0.6) is 0 Å². The number of carbonyl (C=O) groups excluding carboxylic acids is 2. The summed E-state index contributed by atoms with van der Waals surface area (Å²) >= 11 is 3.00. The van der Waals surface area contributed by atoms with Crippen LogP contribution in [0.25, 0.3) is 0 Å². The number of rotatable bonds is 4. The topological polar surface area (TPSA) is 58.2 Å². The Balaban J connectivity index is 2.40. The van der Waals surface area contributed by atoms with Crippen molar-refractivity contribution in [3.8, 4) is 0 Å². The van der Waals surface area contributed by atoms with Crippen molar-refractivity contribution in [2.45, 2.75) is 49.8 Å². The lowest BCUT2D eigenvalue weighted by Crippen LogP contribution is -2.35. The lowest BCUT2D eigenvalue weighted by molar-refractivity contribution is -0.123. The number of benzene rings is 1. The van der Waals surface area contributed by atoms with Gasteiger partial charge < -0.3 is 10.6 Å². The van der Waals surface area contributed by atoms with Gasteiger partial charge in [-0.15, -0.1) is 0 Å². The van der Waals surface area contributed by atoms with Crippen LogP contribution in [0.1, 0.15) is 40.2 Å². The van der Waals surface area contributed by atoms with Gasteiger partial charge >= 0.3 is 0 Å². The van der Waals surface area contributed by atoms with Gasteiger partial charge in [-0.3, -0.25) is 9.59 Å². The van der Waals surface area contributed by atoms with Crippen LogP contribution in [0.15, 0.2) is 37.8 Å². The first-order chi connectivity index (χ1) is 11.3. The van der Waals surface area contributed by atoms with Gasteiger partial charge in [0.15, 0.2) is 0 Å². The van der Waals surface area contributed by atoms with Crippen LogP contribution in [0, 0.1) is 0 Å². The summed E-state index contributed by atoms with van der Waals surface area (Å²) in [6.07, 6.45) is 0. The fourth-order valence-corrected chi connectivity index (χ4v) is 4.83. The summed E-state index contributed by atoms with van der Waals surface area (Å²) in [5, 5.41) is 5.48. The highest BCUT2D eigenvalue weighted by Gasteiger charge is 2.29. The predicted octanol–water partition coefficient (Wildman–Crippen LogP) is 3.67. The monoisotopic (exact) mass is 364 g/mol. The van der Waals surface area contributed by atoms with Crippen LogP contribution in [-0.4, -0.2) is 24.9 Å². The molecule has 0 unspecified atom stereocenters. The zero-order chi connectivity index (χ0) is 17.9. The van der Waals surface area contributed by atoms with Gasteiger partial charge in [0.1, 0.15) is 5.57 Å². The average molecular weight is 365 g/mol. The van der Waals surface area contributed by atoms with E-state index in [4.69, 9.17) is 0 Å². The van der Waals surface area contributed by atoms with Crippen molar-refractivity contribution in [2.24, 2.45) is 0 Å². The molecule has 0 fully saturated rings. The molecule has 0 saturated heterocycles. The number of fused-ring (bicyclic) bond motifs is 1. The van der Waals surface area contributed by atoms with Crippen LogP contribution < -0.4 is 10.6 Å². The molecule has 6 heteroatoms. The maximum Gasteiger partial charge on any atom is 0.258 e. The maximum atomic E-state index is 12.4. The highest BCUT2D eigenvalue weighted by atomic mass is 32.2. The van der Waals surface area contributed by atoms with Gasteiger partial charge in [0.25, 0.3) is 11.8 Å². The minimum absolute atomic E-state index is 0.0642. The number of likely N-dealkylation sites (N-methyl/N-ethyl adjacent to an activating group) is 2. The van der Waals surface area contributed by atoms with Crippen molar-refractivity contribution in [2.75, 3.05) is 13.1 Å². The number of amides is 2. The number of nitrogens with one attached hydrogen (secondary N) is 2. The first kappa shape index (κ1) is 18.9. The van der Waals surface area contributed by atoms with Crippen LogP contribution in [0.4, 0.5) is 0 Å². The Hall–Kier alpha value is -1.40. The van der Waals surface area contributed by atoms with Gasteiger partial charge in [0.05, 0.1) is 4.24 Å². The Kier molecular flexibility index (Phi) is 6.04. The fourth-order valence-electron chi connectivity index (χ4n) is 2.25. The fraction of sp³-hybridized carbons (Fsp3) is 0.444. The molecule has 2 amide bonds. The van der Waals surface area contributed by atoms with Gasteiger partial charge in [-0.25, -0.2) is 0 Å². The van der Waals surface area contributed by atoms with Crippen molar-refractivity contribution in [3.63, 3.8) is 0 Å². The molecule has 0 atom stereocenters. The second kappa shape index (κ2) is 7.66. The van der Waals surface area contributed by atoms with E-state index in [9.17, 15) is 9.59 Å². The van der Waals surface area contributed by atoms with Gasteiger partial charge in [0.2, 0.25) is 0 Å². The summed E-state index contributed by atoms with van der Waals surface area (Å²) in [6, 6.07) is 6.36. The van der Waals surface area contributed by atoms with E-state index >= 15 is 0 Å². The molecule has 4 nitrogen and oxygen atoms in total. The SMILES string of the molecule is CCNC(=O)C(C(=O)NCC)=C1Sc2ccc(C(C)(C)C)cc2S1. The molecule has 1 heterocycles. The third-order valence-corrected chi connectivity index (χ3v) is 6.09. The smallest absolute Gasteiger partial charge is 0.258 e. The third-order valence-electron chi connectivity index (χ3n) is 3.55. The minimum atomic E-state index is -0.317. The Labute approximate surface area is 152 Å². The van der Waals surface area contributed by atoms with E-state index in [1.807, 2.05) is 13.8 Å². The summed E-state index contributed by atoms with van der Waals surface area (Å²) in [4.78, 5) is 26.9. The highest BCUT2D eigenvalue weighted by Crippen LogP contribution is 2.53. The molecule has 1 aromatic carbocycles. The second-order valence-corrected chi connectivity index (χ2v) is 8.86. The molecule has 0 bridgehead atoms. The molecule has 0 saturated carbocycles.